The van der Waals surface area contributed by atoms with E-state index >= 15 is 0 Å². The number of ether oxygens (including phenoxy) is 2. The third kappa shape index (κ3) is 10.1. The molecule has 3 amide bonds. The molecule has 3 N–H and O–H groups in total. The fraction of sp³-hybridized carbons (Fsp3) is 0.394. The number of fused-ring (bicyclic) bond motifs is 1. The van der Waals surface area contributed by atoms with Crippen LogP contribution in [0.3, 0.4) is 0 Å². The Labute approximate surface area is 252 Å². The lowest BCUT2D eigenvalue weighted by molar-refractivity contribution is -0.147. The van der Waals surface area contributed by atoms with Gasteiger partial charge in [-0.05, 0) is 42.9 Å². The molecule has 1 heterocycles. The van der Waals surface area contributed by atoms with Crippen LogP contribution in [-0.4, -0.2) is 65.2 Å². The molecular formula is C33H41N3O7. The number of esters is 1. The van der Waals surface area contributed by atoms with Crippen LogP contribution in [0.15, 0.2) is 79.9 Å². The first-order chi connectivity index (χ1) is 20.7. The molecule has 0 spiro atoms. The number of rotatable bonds is 15. The van der Waals surface area contributed by atoms with Crippen molar-refractivity contribution in [1.29, 1.82) is 0 Å². The summed E-state index contributed by atoms with van der Waals surface area (Å²) < 4.78 is 10.6. The number of allylic oxidation sites excluding steroid dienone is 1. The molecule has 0 radical (unpaired) electrons. The number of nitrogens with one attached hydrogen (secondary N) is 2. The maximum Gasteiger partial charge on any atom is 0.408 e. The second kappa shape index (κ2) is 16.9. The van der Waals surface area contributed by atoms with Gasteiger partial charge in [0.25, 0.3) is 0 Å². The Morgan fingerprint density at radius 2 is 1.65 bits per heavy atom. The minimum absolute atomic E-state index is 0.0473. The normalized spacial score (nSPS) is 16.0. The van der Waals surface area contributed by atoms with Gasteiger partial charge in [-0.1, -0.05) is 66.7 Å². The van der Waals surface area contributed by atoms with Gasteiger partial charge in [0.15, 0.2) is 0 Å². The zero-order chi connectivity index (χ0) is 31.2. The Kier molecular flexibility index (Phi) is 13.0. The minimum atomic E-state index is -1.01. The lowest BCUT2D eigenvalue weighted by Crippen LogP contribution is -2.48. The number of carbonyl (C=O) groups excluding carboxylic acids is 4. The topological polar surface area (TPSA) is 134 Å². The molecule has 0 saturated heterocycles. The maximum atomic E-state index is 13.3. The van der Waals surface area contributed by atoms with Crippen LogP contribution >= 0.6 is 0 Å². The molecule has 10 heteroatoms. The third-order valence-corrected chi connectivity index (χ3v) is 7.19. The molecule has 1 aliphatic heterocycles. The first kappa shape index (κ1) is 33.1. The molecule has 0 aliphatic carbocycles. The van der Waals surface area contributed by atoms with Crippen LogP contribution in [-0.2, 0) is 43.4 Å². The number of carbonyl (C=O) groups is 4. The van der Waals surface area contributed by atoms with Gasteiger partial charge >= 0.3 is 12.1 Å². The number of aliphatic hydroxyl groups is 1. The van der Waals surface area contributed by atoms with Crippen LogP contribution in [0.25, 0.3) is 0 Å². The van der Waals surface area contributed by atoms with Gasteiger partial charge in [0.1, 0.15) is 19.3 Å². The molecule has 4 atom stereocenters. The van der Waals surface area contributed by atoms with Crippen molar-refractivity contribution in [2.24, 2.45) is 5.92 Å². The smallest absolute Gasteiger partial charge is 0.408 e. The summed E-state index contributed by atoms with van der Waals surface area (Å²) in [5, 5.41) is 15.2. The van der Waals surface area contributed by atoms with E-state index in [0.717, 1.165) is 16.7 Å². The van der Waals surface area contributed by atoms with Crippen molar-refractivity contribution in [3.63, 3.8) is 0 Å². The van der Waals surface area contributed by atoms with Crippen LogP contribution < -0.4 is 10.6 Å². The number of nitrogens with zero attached hydrogens (tertiary/aromatic N) is 1. The maximum absolute atomic E-state index is 13.3. The van der Waals surface area contributed by atoms with E-state index in [1.165, 1.54) is 6.08 Å². The second-order valence-corrected chi connectivity index (χ2v) is 10.6. The van der Waals surface area contributed by atoms with E-state index in [-0.39, 0.29) is 56.9 Å². The zero-order valence-corrected chi connectivity index (χ0v) is 24.6. The predicted molar refractivity (Wildman–Crippen MR) is 161 cm³/mol. The van der Waals surface area contributed by atoms with E-state index < -0.39 is 30.1 Å². The summed E-state index contributed by atoms with van der Waals surface area (Å²) >= 11 is 0. The van der Waals surface area contributed by atoms with Crippen LogP contribution in [0.4, 0.5) is 4.79 Å². The Hall–Kier alpha value is -4.44. The molecule has 0 bridgehead atoms. The van der Waals surface area contributed by atoms with Gasteiger partial charge in [-0.25, -0.2) is 9.59 Å². The summed E-state index contributed by atoms with van der Waals surface area (Å²) in [5.41, 5.74) is 2.93. The highest BCUT2D eigenvalue weighted by Crippen LogP contribution is 2.25. The summed E-state index contributed by atoms with van der Waals surface area (Å²) in [6.07, 6.45) is 3.18. The van der Waals surface area contributed by atoms with Crippen molar-refractivity contribution >= 4 is 23.9 Å². The van der Waals surface area contributed by atoms with Gasteiger partial charge in [-0.3, -0.25) is 9.59 Å². The average molecular weight is 592 g/mol. The van der Waals surface area contributed by atoms with Gasteiger partial charge in [0.2, 0.25) is 11.8 Å². The zero-order valence-electron chi connectivity index (χ0n) is 24.6. The van der Waals surface area contributed by atoms with Crippen LogP contribution in [0.5, 0.6) is 0 Å². The molecule has 2 aromatic rings. The molecule has 3 rings (SSSR count). The van der Waals surface area contributed by atoms with Crippen LogP contribution in [0.2, 0.25) is 0 Å². The van der Waals surface area contributed by atoms with Crippen LogP contribution in [0, 0.1) is 5.92 Å². The van der Waals surface area contributed by atoms with E-state index in [2.05, 4.69) is 23.8 Å². The fourth-order valence-corrected chi connectivity index (χ4v) is 4.85. The molecule has 10 nitrogen and oxygen atoms in total. The molecule has 230 valence electrons. The summed E-state index contributed by atoms with van der Waals surface area (Å²) in [5.74, 6) is -1.99. The monoisotopic (exact) mass is 591 g/mol. The Bertz CT molecular complexity index is 1270. The molecule has 43 heavy (non-hydrogen) atoms. The first-order valence-electron chi connectivity index (χ1n) is 14.4. The number of aliphatic hydroxyl groups excluding tert-OH is 1. The molecule has 1 aliphatic rings. The quantitative estimate of drug-likeness (QED) is 0.213. The fourth-order valence-electron chi connectivity index (χ4n) is 4.85. The molecule has 2 aromatic carbocycles. The number of hydrogen-bond donors (Lipinski definition) is 3. The lowest BCUT2D eigenvalue weighted by atomic mass is 9.92. The van der Waals surface area contributed by atoms with Gasteiger partial charge in [-0.2, -0.15) is 0 Å². The highest BCUT2D eigenvalue weighted by molar-refractivity contribution is 5.86. The summed E-state index contributed by atoms with van der Waals surface area (Å²) in [4.78, 5) is 53.0. The van der Waals surface area contributed by atoms with Crippen molar-refractivity contribution in [1.82, 2.24) is 15.5 Å². The van der Waals surface area contributed by atoms with E-state index in [1.807, 2.05) is 54.6 Å². The Morgan fingerprint density at radius 1 is 0.977 bits per heavy atom. The van der Waals surface area contributed by atoms with E-state index in [0.29, 0.717) is 13.0 Å². The van der Waals surface area contributed by atoms with Gasteiger partial charge in [-0.15, -0.1) is 13.2 Å². The number of benzene rings is 2. The number of amides is 3. The average Bonchev–Trinajstić information content (AvgIpc) is 3.01. The predicted octanol–water partition coefficient (Wildman–Crippen LogP) is 3.43. The van der Waals surface area contributed by atoms with E-state index in [1.54, 1.807) is 17.9 Å². The lowest BCUT2D eigenvalue weighted by Gasteiger charge is -2.36. The summed E-state index contributed by atoms with van der Waals surface area (Å²) in [7, 11) is 0. The summed E-state index contributed by atoms with van der Waals surface area (Å²) in [6, 6.07) is 15.0. The highest BCUT2D eigenvalue weighted by Gasteiger charge is 2.32. The standard InChI is InChI=1S/C33H41N3O7/c1-4-11-26(18-30(38)36-19-27-16-10-9-15-25(27)17-28(36)20-37)31(39)34-23(3)21-42-32(40)29(12-5-2)35-33(41)43-22-24-13-7-6-8-14-24/h4-10,13-16,23,26,28-29,37H,1-2,11-12,17-22H2,3H3,(H,34,39)(H,35,41). The molecule has 0 saturated carbocycles. The molecular weight excluding hydrogens is 550 g/mol. The SMILES string of the molecule is C=CCC(CC(=O)N1Cc2ccccc2CC1CO)C(=O)NC(C)COC(=O)C(CC=C)NC(=O)OCc1ccccc1. The number of alkyl carbamates (subject to hydrolysis) is 1. The third-order valence-electron chi connectivity index (χ3n) is 7.19. The second-order valence-electron chi connectivity index (χ2n) is 10.6. The van der Waals surface area contributed by atoms with Crippen molar-refractivity contribution in [3.8, 4) is 0 Å². The molecule has 0 fully saturated rings. The summed E-state index contributed by atoms with van der Waals surface area (Å²) in [6.45, 7) is 9.12. The number of hydrogen-bond acceptors (Lipinski definition) is 7. The highest BCUT2D eigenvalue weighted by atomic mass is 16.6. The van der Waals surface area contributed by atoms with Crippen molar-refractivity contribution < 1.29 is 33.8 Å². The largest absolute Gasteiger partial charge is 0.462 e. The van der Waals surface area contributed by atoms with E-state index in [4.69, 9.17) is 9.47 Å². The van der Waals surface area contributed by atoms with E-state index in [9.17, 15) is 24.3 Å². The molecule has 4 unspecified atom stereocenters. The van der Waals surface area contributed by atoms with Gasteiger partial charge < -0.3 is 30.1 Å². The van der Waals surface area contributed by atoms with Gasteiger partial charge in [0, 0.05) is 13.0 Å². The van der Waals surface area contributed by atoms with Crippen molar-refractivity contribution in [3.05, 3.63) is 96.6 Å². The minimum Gasteiger partial charge on any atom is -0.462 e. The Balaban J connectivity index is 1.50. The van der Waals surface area contributed by atoms with Crippen molar-refractivity contribution in [2.75, 3.05) is 13.2 Å². The van der Waals surface area contributed by atoms with Crippen molar-refractivity contribution in [2.45, 2.75) is 63.9 Å². The molecule has 0 aromatic heterocycles. The first-order valence-corrected chi connectivity index (χ1v) is 14.4. The van der Waals surface area contributed by atoms with Crippen LogP contribution in [0.1, 0.15) is 42.9 Å². The van der Waals surface area contributed by atoms with Gasteiger partial charge in [0.05, 0.1) is 24.6 Å². The Morgan fingerprint density at radius 3 is 2.33 bits per heavy atom.